The molecule has 9 nitrogen and oxygen atoms in total. The smallest absolute Gasteiger partial charge is 0.407 e. The Kier molecular flexibility index (Phi) is 29.4. The number of aliphatic hydroxyl groups excluding tert-OH is 5. The second-order valence-electron chi connectivity index (χ2n) is 14.7. The summed E-state index contributed by atoms with van der Waals surface area (Å²) in [5.41, 5.74) is 0. The van der Waals surface area contributed by atoms with E-state index >= 15 is 0 Å². The van der Waals surface area contributed by atoms with Gasteiger partial charge in [-0.1, -0.05) is 161 Å². The lowest BCUT2D eigenvalue weighted by atomic mass is 9.93. The van der Waals surface area contributed by atoms with Gasteiger partial charge in [0.15, 0.2) is 0 Å². The number of alkyl carbamates (subject to hydrolysis) is 1. The van der Waals surface area contributed by atoms with Crippen LogP contribution in [0.3, 0.4) is 0 Å². The molecule has 0 aromatic rings. The Morgan fingerprint density at radius 1 is 0.714 bits per heavy atom. The molecule has 9 heteroatoms. The van der Waals surface area contributed by atoms with Crippen LogP contribution in [0.5, 0.6) is 0 Å². The minimum absolute atomic E-state index is 0.0832. The highest BCUT2D eigenvalue weighted by molar-refractivity contribution is 5.67. The molecule has 7 atom stereocenters. The third-order valence-corrected chi connectivity index (χ3v) is 10.2. The first-order valence-corrected chi connectivity index (χ1v) is 20.5. The van der Waals surface area contributed by atoms with Crippen molar-refractivity contribution in [1.82, 2.24) is 10.6 Å². The van der Waals surface area contributed by atoms with Crippen LogP contribution in [0.1, 0.15) is 181 Å². The van der Waals surface area contributed by atoms with Crippen LogP contribution in [0, 0.1) is 0 Å². The van der Waals surface area contributed by atoms with Crippen molar-refractivity contribution in [2.24, 2.45) is 0 Å². The van der Waals surface area contributed by atoms with Crippen LogP contribution >= 0.6 is 0 Å². The molecule has 0 spiro atoms. The van der Waals surface area contributed by atoms with Gasteiger partial charge in [0.05, 0.1) is 31.0 Å². The van der Waals surface area contributed by atoms with Crippen molar-refractivity contribution in [2.45, 2.75) is 223 Å². The van der Waals surface area contributed by atoms with E-state index in [1.165, 1.54) is 128 Å². The Morgan fingerprint density at radius 2 is 1.18 bits per heavy atom. The fourth-order valence-corrected chi connectivity index (χ4v) is 6.70. The van der Waals surface area contributed by atoms with Gasteiger partial charge in [0.25, 0.3) is 0 Å². The maximum absolute atomic E-state index is 12.6. The van der Waals surface area contributed by atoms with E-state index in [1.807, 2.05) is 6.92 Å². The predicted molar refractivity (Wildman–Crippen MR) is 201 cm³/mol. The number of carbonyl (C=O) groups is 1. The van der Waals surface area contributed by atoms with Crippen molar-refractivity contribution in [1.29, 1.82) is 0 Å². The summed E-state index contributed by atoms with van der Waals surface area (Å²) < 4.78 is 5.40. The number of hydrogen-bond donors (Lipinski definition) is 7. The molecule has 0 aromatic heterocycles. The minimum Gasteiger partial charge on any atom is -0.450 e. The Labute approximate surface area is 300 Å². The van der Waals surface area contributed by atoms with E-state index in [0.717, 1.165) is 19.3 Å². The average molecular weight is 699 g/mol. The summed E-state index contributed by atoms with van der Waals surface area (Å²) >= 11 is 0. The number of allylic oxidation sites excluding steroid dienone is 1. The highest BCUT2D eigenvalue weighted by Gasteiger charge is 2.32. The Hall–Kier alpha value is -1.23. The molecule has 0 aliphatic heterocycles. The zero-order valence-electron chi connectivity index (χ0n) is 31.5. The number of unbranched alkanes of at least 4 members (excludes halogenated alkanes) is 21. The van der Waals surface area contributed by atoms with Gasteiger partial charge in [0, 0.05) is 19.0 Å². The largest absolute Gasteiger partial charge is 0.450 e. The van der Waals surface area contributed by atoms with Gasteiger partial charge in [-0.25, -0.2) is 4.79 Å². The number of hydrogen-bond acceptors (Lipinski definition) is 8. The summed E-state index contributed by atoms with van der Waals surface area (Å²) in [4.78, 5) is 12.6. The summed E-state index contributed by atoms with van der Waals surface area (Å²) in [6, 6.07) is -1.32. The van der Waals surface area contributed by atoms with E-state index in [4.69, 9.17) is 4.74 Å². The molecule has 0 fully saturated rings. The molecule has 7 unspecified atom stereocenters. The quantitative estimate of drug-likeness (QED) is 0.0289. The van der Waals surface area contributed by atoms with Crippen molar-refractivity contribution < 1.29 is 35.1 Å². The monoisotopic (exact) mass is 699 g/mol. The second-order valence-corrected chi connectivity index (χ2v) is 14.7. The SMILES string of the molecule is CCCCCCCCCCCCCCCCCCCCCCCCOC(=O)NC(CNC1CC/C=C\C(O)C(O)C1O)C(O)CC(O)CC. The Morgan fingerprint density at radius 3 is 1.65 bits per heavy atom. The summed E-state index contributed by atoms with van der Waals surface area (Å²) in [6.45, 7) is 4.50. The fourth-order valence-electron chi connectivity index (χ4n) is 6.70. The zero-order valence-corrected chi connectivity index (χ0v) is 31.5. The highest BCUT2D eigenvalue weighted by Crippen LogP contribution is 2.17. The van der Waals surface area contributed by atoms with Crippen LogP contribution in [0.2, 0.25) is 0 Å². The van der Waals surface area contributed by atoms with Gasteiger partial charge < -0.3 is 40.9 Å². The van der Waals surface area contributed by atoms with Gasteiger partial charge in [0.1, 0.15) is 12.2 Å². The molecule has 7 N–H and O–H groups in total. The average Bonchev–Trinajstić information content (AvgIpc) is 3.09. The number of ether oxygens (including phenoxy) is 1. The number of carbonyl (C=O) groups excluding carboxylic acids is 1. The lowest BCUT2D eigenvalue weighted by molar-refractivity contribution is -0.0594. The van der Waals surface area contributed by atoms with Crippen LogP contribution in [0.15, 0.2) is 12.2 Å². The summed E-state index contributed by atoms with van der Waals surface area (Å²) in [7, 11) is 0. The second kappa shape index (κ2) is 31.5. The van der Waals surface area contributed by atoms with Crippen LogP contribution in [-0.4, -0.2) is 87.4 Å². The molecule has 1 rings (SSSR count). The topological polar surface area (TPSA) is 152 Å². The van der Waals surface area contributed by atoms with Gasteiger partial charge in [-0.2, -0.15) is 0 Å². The van der Waals surface area contributed by atoms with Gasteiger partial charge in [-0.3, -0.25) is 0 Å². The zero-order chi connectivity index (χ0) is 36.0. The van der Waals surface area contributed by atoms with Crippen LogP contribution in [0.25, 0.3) is 0 Å². The minimum atomic E-state index is -1.35. The van der Waals surface area contributed by atoms with Gasteiger partial charge >= 0.3 is 6.09 Å². The molecule has 1 amide bonds. The van der Waals surface area contributed by atoms with E-state index < -0.39 is 48.7 Å². The third kappa shape index (κ3) is 24.6. The van der Waals surface area contributed by atoms with Gasteiger partial charge in [0.2, 0.25) is 0 Å². The normalized spacial score (nSPS) is 22.2. The molecule has 1 aliphatic rings. The maximum atomic E-state index is 12.6. The molecule has 0 bridgehead atoms. The van der Waals surface area contributed by atoms with Gasteiger partial charge in [-0.15, -0.1) is 0 Å². The molecule has 0 aromatic carbocycles. The van der Waals surface area contributed by atoms with E-state index in [-0.39, 0.29) is 13.0 Å². The molecular weight excluding hydrogens is 620 g/mol. The van der Waals surface area contributed by atoms with Crippen molar-refractivity contribution in [3.05, 3.63) is 12.2 Å². The first-order valence-electron chi connectivity index (χ1n) is 20.5. The Balaban J connectivity index is 2.09. The molecule has 49 heavy (non-hydrogen) atoms. The molecule has 290 valence electrons. The summed E-state index contributed by atoms with van der Waals surface area (Å²) in [5.74, 6) is 0. The van der Waals surface area contributed by atoms with Crippen LogP contribution in [-0.2, 0) is 4.74 Å². The van der Waals surface area contributed by atoms with Crippen LogP contribution < -0.4 is 10.6 Å². The molecule has 0 saturated carbocycles. The molecular formula is C40H78N2O7. The fraction of sp³-hybridized carbons (Fsp3) is 0.925. The maximum Gasteiger partial charge on any atom is 0.407 e. The predicted octanol–water partition coefficient (Wildman–Crippen LogP) is 7.60. The van der Waals surface area contributed by atoms with E-state index in [1.54, 1.807) is 6.08 Å². The van der Waals surface area contributed by atoms with E-state index in [2.05, 4.69) is 17.6 Å². The molecule has 1 aliphatic carbocycles. The summed E-state index contributed by atoms with van der Waals surface area (Å²) in [6.07, 6.45) is 27.9. The summed E-state index contributed by atoms with van der Waals surface area (Å²) in [5, 5.41) is 57.5. The molecule has 0 radical (unpaired) electrons. The number of amides is 1. The first-order chi connectivity index (χ1) is 23.8. The van der Waals surface area contributed by atoms with Crippen molar-refractivity contribution in [3.63, 3.8) is 0 Å². The highest BCUT2D eigenvalue weighted by atomic mass is 16.5. The van der Waals surface area contributed by atoms with Crippen molar-refractivity contribution in [2.75, 3.05) is 13.2 Å². The van der Waals surface area contributed by atoms with E-state index in [0.29, 0.717) is 25.9 Å². The number of aliphatic hydroxyl groups is 5. The van der Waals surface area contributed by atoms with Crippen molar-refractivity contribution in [3.8, 4) is 0 Å². The Bertz CT molecular complexity index is 786. The number of nitrogens with one attached hydrogen (secondary N) is 2. The molecule has 0 saturated heterocycles. The first kappa shape index (κ1) is 45.8. The van der Waals surface area contributed by atoms with Gasteiger partial charge in [-0.05, 0) is 25.7 Å². The van der Waals surface area contributed by atoms with E-state index in [9.17, 15) is 30.3 Å². The third-order valence-electron chi connectivity index (χ3n) is 10.2. The van der Waals surface area contributed by atoms with Crippen LogP contribution in [0.4, 0.5) is 4.79 Å². The number of rotatable bonds is 31. The van der Waals surface area contributed by atoms with Crippen molar-refractivity contribution >= 4 is 6.09 Å². The standard InChI is InChI=1S/C40H78N2O7/c1-3-5-6-7-8-9-10-11-12-13-14-15-16-17-18-19-20-21-22-23-24-27-30-49-40(48)42-35(37(45)31-33(43)4-2)32-41-34-28-25-26-29-36(44)39(47)38(34)46/h26,29,33-39,41,43-47H,3-25,27-28,30-32H2,1-2H3,(H,42,48)/b29-26-. The lowest BCUT2D eigenvalue weighted by Crippen LogP contribution is -2.56. The lowest BCUT2D eigenvalue weighted by Gasteiger charge is -2.33. The molecule has 0 heterocycles.